The molecule has 2 atom stereocenters. The number of carboxylic acids is 1. The molecular formula is C11H22N2O4. The van der Waals surface area contributed by atoms with Gasteiger partial charge < -0.3 is 20.9 Å². The number of carbonyl (C=O) groups is 2. The van der Waals surface area contributed by atoms with Crippen LogP contribution >= 0.6 is 0 Å². The minimum atomic E-state index is -1.05. The average Bonchev–Trinajstić information content (AvgIpc) is 2.20. The Morgan fingerprint density at radius 2 is 1.94 bits per heavy atom. The lowest BCUT2D eigenvalue weighted by Gasteiger charge is -2.28. The Labute approximate surface area is 102 Å². The minimum absolute atomic E-state index is 0.0624. The molecule has 1 amide bonds. The van der Waals surface area contributed by atoms with Gasteiger partial charge in [0.1, 0.15) is 6.04 Å². The van der Waals surface area contributed by atoms with Crippen LogP contribution in [0.25, 0.3) is 0 Å². The van der Waals surface area contributed by atoms with Gasteiger partial charge in [-0.2, -0.15) is 0 Å². The van der Waals surface area contributed by atoms with Crippen molar-refractivity contribution in [2.45, 2.75) is 39.3 Å². The van der Waals surface area contributed by atoms with Gasteiger partial charge in [0.15, 0.2) is 0 Å². The SMILES string of the molecule is COC(CN)CC(=O)N[C@H](C(=O)O)C(C)(C)C. The van der Waals surface area contributed by atoms with Crippen molar-refractivity contribution in [3.63, 3.8) is 0 Å². The first-order valence-electron chi connectivity index (χ1n) is 5.47. The molecule has 6 nitrogen and oxygen atoms in total. The van der Waals surface area contributed by atoms with E-state index in [1.165, 1.54) is 7.11 Å². The predicted octanol–water partition coefficient (Wildman–Crippen LogP) is -0.0343. The summed E-state index contributed by atoms with van der Waals surface area (Å²) in [5.41, 5.74) is 4.84. The highest BCUT2D eigenvalue weighted by molar-refractivity contribution is 5.84. The van der Waals surface area contributed by atoms with E-state index in [0.29, 0.717) is 0 Å². The average molecular weight is 246 g/mol. The van der Waals surface area contributed by atoms with Crippen molar-refractivity contribution in [1.29, 1.82) is 0 Å². The van der Waals surface area contributed by atoms with Gasteiger partial charge in [-0.3, -0.25) is 4.79 Å². The lowest BCUT2D eigenvalue weighted by Crippen LogP contribution is -2.50. The molecule has 0 bridgehead atoms. The molecule has 6 heteroatoms. The largest absolute Gasteiger partial charge is 0.480 e. The van der Waals surface area contributed by atoms with Gasteiger partial charge in [-0.05, 0) is 5.41 Å². The normalized spacial score (nSPS) is 15.1. The fourth-order valence-corrected chi connectivity index (χ4v) is 1.34. The number of ether oxygens (including phenoxy) is 1. The third kappa shape index (κ3) is 5.65. The second-order valence-electron chi connectivity index (χ2n) is 5.00. The Morgan fingerprint density at radius 3 is 2.24 bits per heavy atom. The Morgan fingerprint density at radius 1 is 1.41 bits per heavy atom. The lowest BCUT2D eigenvalue weighted by molar-refractivity contribution is -0.145. The molecule has 0 saturated carbocycles. The first kappa shape index (κ1) is 15.9. The molecule has 0 radical (unpaired) electrons. The molecule has 0 heterocycles. The van der Waals surface area contributed by atoms with Gasteiger partial charge >= 0.3 is 5.97 Å². The molecule has 0 aliphatic heterocycles. The highest BCUT2D eigenvalue weighted by Gasteiger charge is 2.32. The van der Waals surface area contributed by atoms with Gasteiger partial charge in [0.2, 0.25) is 5.91 Å². The molecule has 0 rings (SSSR count). The van der Waals surface area contributed by atoms with Crippen LogP contribution < -0.4 is 11.1 Å². The van der Waals surface area contributed by atoms with E-state index in [2.05, 4.69) is 5.32 Å². The summed E-state index contributed by atoms with van der Waals surface area (Å²) in [7, 11) is 1.46. The Hall–Kier alpha value is -1.14. The van der Waals surface area contributed by atoms with Crippen molar-refractivity contribution >= 4 is 11.9 Å². The highest BCUT2D eigenvalue weighted by Crippen LogP contribution is 2.19. The molecule has 0 aromatic carbocycles. The van der Waals surface area contributed by atoms with Crippen molar-refractivity contribution in [2.75, 3.05) is 13.7 Å². The van der Waals surface area contributed by atoms with Crippen LogP contribution in [0.2, 0.25) is 0 Å². The lowest BCUT2D eigenvalue weighted by atomic mass is 9.86. The monoisotopic (exact) mass is 246 g/mol. The zero-order valence-corrected chi connectivity index (χ0v) is 10.8. The number of hydrogen-bond acceptors (Lipinski definition) is 4. The zero-order chi connectivity index (χ0) is 13.6. The van der Waals surface area contributed by atoms with E-state index in [4.69, 9.17) is 15.6 Å². The van der Waals surface area contributed by atoms with Gasteiger partial charge in [-0.1, -0.05) is 20.8 Å². The number of nitrogens with one attached hydrogen (secondary N) is 1. The van der Waals surface area contributed by atoms with Crippen molar-refractivity contribution in [3.05, 3.63) is 0 Å². The number of aliphatic carboxylic acids is 1. The summed E-state index contributed by atoms with van der Waals surface area (Å²) in [4.78, 5) is 22.7. The molecule has 4 N–H and O–H groups in total. The fraction of sp³-hybridized carbons (Fsp3) is 0.818. The van der Waals surface area contributed by atoms with E-state index < -0.39 is 17.4 Å². The molecule has 0 saturated heterocycles. The molecule has 0 aromatic rings. The van der Waals surface area contributed by atoms with E-state index in [1.807, 2.05) is 0 Å². The maximum Gasteiger partial charge on any atom is 0.326 e. The molecule has 0 aromatic heterocycles. The summed E-state index contributed by atoms with van der Waals surface area (Å²) in [6.07, 6.45) is -0.322. The van der Waals surface area contributed by atoms with Crippen LogP contribution in [0.4, 0.5) is 0 Å². The minimum Gasteiger partial charge on any atom is -0.480 e. The molecular weight excluding hydrogens is 224 g/mol. The molecule has 0 aliphatic rings. The van der Waals surface area contributed by atoms with Crippen LogP contribution in [0.15, 0.2) is 0 Å². The van der Waals surface area contributed by atoms with E-state index in [1.54, 1.807) is 20.8 Å². The molecule has 100 valence electrons. The quantitative estimate of drug-likeness (QED) is 0.610. The van der Waals surface area contributed by atoms with Crippen LogP contribution in [0.5, 0.6) is 0 Å². The summed E-state index contributed by atoms with van der Waals surface area (Å²) in [5, 5.41) is 11.5. The predicted molar refractivity (Wildman–Crippen MR) is 63.5 cm³/mol. The number of carboxylic acid groups (broad SMARTS) is 1. The van der Waals surface area contributed by atoms with E-state index in [9.17, 15) is 9.59 Å². The van der Waals surface area contributed by atoms with E-state index >= 15 is 0 Å². The first-order valence-corrected chi connectivity index (χ1v) is 5.47. The Kier molecular flexibility index (Phi) is 6.12. The molecule has 0 spiro atoms. The molecule has 1 unspecified atom stereocenters. The van der Waals surface area contributed by atoms with Crippen LogP contribution in [-0.2, 0) is 14.3 Å². The third-order valence-electron chi connectivity index (χ3n) is 2.43. The Bertz CT molecular complexity index is 269. The maximum absolute atomic E-state index is 11.6. The van der Waals surface area contributed by atoms with Crippen molar-refractivity contribution in [2.24, 2.45) is 11.1 Å². The summed E-state index contributed by atoms with van der Waals surface area (Å²) >= 11 is 0. The molecule has 0 fully saturated rings. The summed E-state index contributed by atoms with van der Waals surface area (Å²) in [6.45, 7) is 5.48. The van der Waals surface area contributed by atoms with E-state index in [-0.39, 0.29) is 25.0 Å². The van der Waals surface area contributed by atoms with Crippen LogP contribution in [0.1, 0.15) is 27.2 Å². The standard InChI is InChI=1S/C11H22N2O4/c1-11(2,3)9(10(15)16)13-8(14)5-7(6-12)17-4/h7,9H,5-6,12H2,1-4H3,(H,13,14)(H,15,16)/t7?,9-/m1/s1. The van der Waals surface area contributed by atoms with Crippen LogP contribution in [0, 0.1) is 5.41 Å². The fourth-order valence-electron chi connectivity index (χ4n) is 1.34. The molecule has 0 aliphatic carbocycles. The number of hydrogen-bond donors (Lipinski definition) is 3. The van der Waals surface area contributed by atoms with E-state index in [0.717, 1.165) is 0 Å². The van der Waals surface area contributed by atoms with Crippen molar-refractivity contribution in [3.8, 4) is 0 Å². The number of amides is 1. The van der Waals surface area contributed by atoms with Gasteiger partial charge in [-0.15, -0.1) is 0 Å². The van der Waals surface area contributed by atoms with Crippen molar-refractivity contribution < 1.29 is 19.4 Å². The van der Waals surface area contributed by atoms with Crippen molar-refractivity contribution in [1.82, 2.24) is 5.32 Å². The summed E-state index contributed by atoms with van der Waals surface area (Å²) < 4.78 is 4.96. The zero-order valence-electron chi connectivity index (χ0n) is 10.8. The second kappa shape index (κ2) is 6.56. The summed E-state index contributed by atoms with van der Waals surface area (Å²) in [5.74, 6) is -1.42. The third-order valence-corrected chi connectivity index (χ3v) is 2.43. The maximum atomic E-state index is 11.6. The number of rotatable bonds is 6. The number of nitrogens with two attached hydrogens (primary N) is 1. The number of methoxy groups -OCH3 is 1. The molecule has 17 heavy (non-hydrogen) atoms. The highest BCUT2D eigenvalue weighted by atomic mass is 16.5. The smallest absolute Gasteiger partial charge is 0.326 e. The topological polar surface area (TPSA) is 102 Å². The van der Waals surface area contributed by atoms with Gasteiger partial charge in [0.25, 0.3) is 0 Å². The van der Waals surface area contributed by atoms with Crippen LogP contribution in [0.3, 0.4) is 0 Å². The van der Waals surface area contributed by atoms with Gasteiger partial charge in [-0.25, -0.2) is 4.79 Å². The summed E-state index contributed by atoms with van der Waals surface area (Å²) in [6, 6.07) is -0.926. The van der Waals surface area contributed by atoms with Gasteiger partial charge in [0.05, 0.1) is 12.5 Å². The second-order valence-corrected chi connectivity index (χ2v) is 5.00. The first-order chi connectivity index (χ1) is 7.72. The number of carbonyl (C=O) groups excluding carboxylic acids is 1. The Balaban J connectivity index is 4.48. The van der Waals surface area contributed by atoms with Gasteiger partial charge in [0, 0.05) is 13.7 Å². The van der Waals surface area contributed by atoms with Crippen LogP contribution in [-0.4, -0.2) is 42.8 Å².